The number of carbonyl (C=O) groups is 1. The summed E-state index contributed by atoms with van der Waals surface area (Å²) in [6.07, 6.45) is -7.46. The summed E-state index contributed by atoms with van der Waals surface area (Å²) in [4.78, 5) is 16.6. The number of aliphatic hydroxyl groups excluding tert-OH is 3. The number of aliphatic hydroxyl groups is 4. The van der Waals surface area contributed by atoms with E-state index >= 15 is 0 Å². The number of carbonyl (C=O) groups excluding carboxylic acids is 1. The molecule has 0 aliphatic carbocycles. The Bertz CT molecular complexity index is 1220. The van der Waals surface area contributed by atoms with Crippen LogP contribution in [0.15, 0.2) is 0 Å². The highest BCUT2D eigenvalue weighted by Crippen LogP contribution is 2.48. The van der Waals surface area contributed by atoms with Crippen molar-refractivity contribution in [3.8, 4) is 0 Å². The molecule has 0 saturated carbocycles. The summed E-state index contributed by atoms with van der Waals surface area (Å²) in [7, 11) is 1.53. The summed E-state index contributed by atoms with van der Waals surface area (Å²) in [6.45, 7) is 21.0. The minimum Gasteiger partial charge on any atom is -0.459 e. The fraction of sp³-hybridized carbons (Fsp3) is 0.974. The molecule has 5 heterocycles. The Morgan fingerprint density at radius 3 is 2.28 bits per heavy atom. The number of rotatable bonds is 9. The van der Waals surface area contributed by atoms with Gasteiger partial charge in [0.1, 0.15) is 23.9 Å². The number of nitrogens with zero attached hydrogens (tertiary/aromatic N) is 1. The highest BCUT2D eigenvalue weighted by Gasteiger charge is 2.59. The van der Waals surface area contributed by atoms with E-state index in [0.717, 1.165) is 0 Å². The van der Waals surface area contributed by atoms with Crippen molar-refractivity contribution in [3.63, 3.8) is 0 Å². The van der Waals surface area contributed by atoms with E-state index in [1.165, 1.54) is 14.0 Å². The van der Waals surface area contributed by atoms with E-state index < -0.39 is 102 Å². The van der Waals surface area contributed by atoms with Gasteiger partial charge in [0, 0.05) is 44.5 Å². The summed E-state index contributed by atoms with van der Waals surface area (Å²) in [6, 6.07) is -0.209. The van der Waals surface area contributed by atoms with E-state index in [9.17, 15) is 25.2 Å². The van der Waals surface area contributed by atoms with E-state index in [2.05, 4.69) is 11.8 Å². The summed E-state index contributed by atoms with van der Waals surface area (Å²) in [5.41, 5.74) is -3.74. The Morgan fingerprint density at radius 1 is 1.00 bits per heavy atom. The molecule has 5 saturated heterocycles. The van der Waals surface area contributed by atoms with E-state index in [1.807, 2.05) is 27.7 Å². The van der Waals surface area contributed by atoms with Crippen LogP contribution in [0.2, 0.25) is 0 Å². The van der Waals surface area contributed by atoms with Gasteiger partial charge in [0.25, 0.3) is 0 Å². The molecule has 0 radical (unpaired) electrons. The third-order valence-electron chi connectivity index (χ3n) is 13.2. The predicted octanol–water partition coefficient (Wildman–Crippen LogP) is 2.39. The molecule has 53 heavy (non-hydrogen) atoms. The van der Waals surface area contributed by atoms with Crippen molar-refractivity contribution in [3.05, 3.63) is 0 Å². The van der Waals surface area contributed by atoms with Gasteiger partial charge in [0.15, 0.2) is 12.6 Å². The Morgan fingerprint density at radius 2 is 1.66 bits per heavy atom. The second-order valence-corrected chi connectivity index (χ2v) is 17.4. The number of hydrogen-bond donors (Lipinski definition) is 4. The minimum atomic E-state index is -1.79. The molecule has 308 valence electrons. The molecule has 0 spiro atoms. The van der Waals surface area contributed by atoms with Gasteiger partial charge in [-0.1, -0.05) is 27.7 Å². The maximum atomic E-state index is 14.4. The number of hydrogen-bond acceptors (Lipinski definition) is 14. The van der Waals surface area contributed by atoms with E-state index in [0.29, 0.717) is 39.1 Å². The number of fused-ring (bicyclic) bond motifs is 2. The van der Waals surface area contributed by atoms with Gasteiger partial charge in [0.2, 0.25) is 0 Å². The van der Waals surface area contributed by atoms with Crippen LogP contribution in [-0.2, 0) is 42.7 Å². The topological polar surface area (TPSA) is 175 Å². The first-order valence-electron chi connectivity index (χ1n) is 19.9. The largest absolute Gasteiger partial charge is 0.459 e. The summed E-state index contributed by atoms with van der Waals surface area (Å²) >= 11 is 0. The second kappa shape index (κ2) is 16.8. The van der Waals surface area contributed by atoms with Crippen LogP contribution in [0.1, 0.15) is 94.9 Å². The van der Waals surface area contributed by atoms with Crippen LogP contribution in [0.3, 0.4) is 0 Å². The SMILES string of the molecule is CC[C@@H](O)[C@@](C)(O)[C@@H]1OC(=O)[C@H](C)[C@@H](O[C@H]2C[C@@](C)(OC)[C@@H](O)[C@H](C)O2)[C@H](C)[C@@H](O[C@@H]2O[C@H](C)C[C@H](N3CCOCC3)[C@H]2O)[C@@]2(C)C[C@@H](C)[C@H](O2)[C@@H]1C. The van der Waals surface area contributed by atoms with Crippen molar-refractivity contribution in [2.75, 3.05) is 33.4 Å². The van der Waals surface area contributed by atoms with E-state index in [-0.39, 0.29) is 30.9 Å². The molecule has 2 bridgehead atoms. The lowest BCUT2D eigenvalue weighted by atomic mass is 9.76. The van der Waals surface area contributed by atoms with Gasteiger partial charge in [-0.3, -0.25) is 9.69 Å². The first-order chi connectivity index (χ1) is 24.8. The Kier molecular flexibility index (Phi) is 13.7. The maximum Gasteiger partial charge on any atom is 0.311 e. The van der Waals surface area contributed by atoms with Crippen LogP contribution >= 0.6 is 0 Å². The van der Waals surface area contributed by atoms with Gasteiger partial charge in [0.05, 0.1) is 67.0 Å². The zero-order valence-electron chi connectivity index (χ0n) is 33.8. The van der Waals surface area contributed by atoms with Crippen LogP contribution in [0.4, 0.5) is 0 Å². The number of esters is 1. The molecule has 19 atom stereocenters. The van der Waals surface area contributed by atoms with Crippen LogP contribution in [0, 0.1) is 23.7 Å². The highest BCUT2D eigenvalue weighted by atomic mass is 16.7. The average Bonchev–Trinajstić information content (AvgIpc) is 3.44. The predicted molar refractivity (Wildman–Crippen MR) is 193 cm³/mol. The van der Waals surface area contributed by atoms with Gasteiger partial charge < -0.3 is 58.3 Å². The number of ether oxygens (including phenoxy) is 8. The quantitative estimate of drug-likeness (QED) is 0.252. The minimum absolute atomic E-state index is 0.0658. The number of morpholine rings is 1. The van der Waals surface area contributed by atoms with Crippen molar-refractivity contribution in [2.24, 2.45) is 23.7 Å². The molecule has 5 fully saturated rings. The highest BCUT2D eigenvalue weighted by molar-refractivity contribution is 5.73. The molecule has 4 N–H and O–H groups in total. The van der Waals surface area contributed by atoms with Gasteiger partial charge in [-0.05, 0) is 66.7 Å². The maximum absolute atomic E-state index is 14.4. The van der Waals surface area contributed by atoms with Gasteiger partial charge in [-0.15, -0.1) is 0 Å². The van der Waals surface area contributed by atoms with Crippen molar-refractivity contribution in [1.82, 2.24) is 4.90 Å². The van der Waals surface area contributed by atoms with Crippen molar-refractivity contribution >= 4 is 5.97 Å². The van der Waals surface area contributed by atoms with Crippen LogP contribution in [0.25, 0.3) is 0 Å². The molecule has 0 aromatic carbocycles. The third-order valence-corrected chi connectivity index (χ3v) is 13.2. The Hall–Kier alpha value is -1.01. The molecule has 5 aliphatic heterocycles. The van der Waals surface area contributed by atoms with E-state index in [1.54, 1.807) is 27.7 Å². The third kappa shape index (κ3) is 8.64. The van der Waals surface area contributed by atoms with Crippen LogP contribution in [0.5, 0.6) is 0 Å². The summed E-state index contributed by atoms with van der Waals surface area (Å²) in [5.74, 6) is -2.71. The molecule has 14 nitrogen and oxygen atoms in total. The zero-order valence-corrected chi connectivity index (χ0v) is 33.8. The van der Waals surface area contributed by atoms with Crippen molar-refractivity contribution in [2.45, 2.75) is 185 Å². The normalized spacial score (nSPS) is 49.4. The fourth-order valence-electron chi connectivity index (χ4n) is 9.96. The second-order valence-electron chi connectivity index (χ2n) is 17.4. The molecular formula is C39H69NO13. The van der Waals surface area contributed by atoms with Crippen molar-refractivity contribution in [1.29, 1.82) is 0 Å². The van der Waals surface area contributed by atoms with Gasteiger partial charge in [-0.25, -0.2) is 0 Å². The molecule has 0 aromatic rings. The van der Waals surface area contributed by atoms with Crippen molar-refractivity contribution < 1.29 is 63.1 Å². The number of cyclic esters (lactones) is 1. The molecule has 14 heteroatoms. The molecule has 5 rings (SSSR count). The lowest BCUT2D eigenvalue weighted by Gasteiger charge is -2.49. The zero-order chi connectivity index (χ0) is 39.2. The lowest BCUT2D eigenvalue weighted by molar-refractivity contribution is -0.319. The van der Waals surface area contributed by atoms with Crippen LogP contribution < -0.4 is 0 Å². The van der Waals surface area contributed by atoms with Crippen LogP contribution in [-0.4, -0.2) is 155 Å². The average molecular weight is 760 g/mol. The fourth-order valence-corrected chi connectivity index (χ4v) is 9.96. The Labute approximate surface area is 316 Å². The van der Waals surface area contributed by atoms with Gasteiger partial charge >= 0.3 is 5.97 Å². The lowest BCUT2D eigenvalue weighted by Crippen LogP contribution is -2.61. The first-order valence-corrected chi connectivity index (χ1v) is 19.9. The molecule has 0 aromatic heterocycles. The molecular weight excluding hydrogens is 690 g/mol. The molecule has 0 amide bonds. The first kappa shape index (κ1) is 43.1. The number of methoxy groups -OCH3 is 1. The summed E-state index contributed by atoms with van der Waals surface area (Å²) in [5, 5.41) is 45.7. The summed E-state index contributed by atoms with van der Waals surface area (Å²) < 4.78 is 51.1. The van der Waals surface area contributed by atoms with E-state index in [4.69, 9.17) is 37.9 Å². The Balaban J connectivity index is 1.57. The smallest absolute Gasteiger partial charge is 0.311 e. The standard InChI is InChI=1S/C39H69NO13/c1-12-27(41)39(10,45)34-22(4)30-20(2)18-38(9,53-30)33(52-36-29(42)26(17-21(3)48-36)40-13-15-47-16-14-40)23(5)31(24(6)35(44)51-34)50-28-19-37(8,46-11)32(43)25(7)49-28/h20-34,36,41-43,45H,12-19H2,1-11H3/t20-,21-,22+,23+,24-,25+,26+,27-,28+,29-,30+,31+,32+,33-,34-,36+,37-,38-,39-/m1/s1. The molecule has 5 aliphatic rings. The molecule has 0 unspecified atom stereocenters. The van der Waals surface area contributed by atoms with Gasteiger partial charge in [-0.2, -0.15) is 0 Å². The monoisotopic (exact) mass is 759 g/mol.